The Labute approximate surface area is 161 Å². The molecule has 0 heterocycles. The van der Waals surface area contributed by atoms with Gasteiger partial charge in [0.25, 0.3) is 0 Å². The van der Waals surface area contributed by atoms with E-state index < -0.39 is 46.3 Å². The molecule has 2 rings (SSSR count). The van der Waals surface area contributed by atoms with Crippen LogP contribution in [0.25, 0.3) is 0 Å². The topological polar surface area (TPSA) is 43.4 Å². The molecule has 0 radical (unpaired) electrons. The molecular formula is C14H8Cl2F6O3S2. The van der Waals surface area contributed by atoms with E-state index in [1.165, 1.54) is 6.07 Å². The third kappa shape index (κ3) is 4.16. The van der Waals surface area contributed by atoms with Crippen molar-refractivity contribution in [2.45, 2.75) is 20.8 Å². The molecule has 13 heteroatoms. The molecule has 2 aromatic rings. The highest BCUT2D eigenvalue weighted by molar-refractivity contribution is 8.33. The summed E-state index contributed by atoms with van der Waals surface area (Å²) < 4.78 is 108. The molecule has 0 spiro atoms. The van der Waals surface area contributed by atoms with Gasteiger partial charge in [0, 0.05) is 25.1 Å². The molecule has 2 aromatic carbocycles. The van der Waals surface area contributed by atoms with Crippen LogP contribution in [0.5, 0.6) is 0 Å². The molecule has 0 aromatic heterocycles. The Bertz CT molecular complexity index is 932. The zero-order valence-electron chi connectivity index (χ0n) is 12.7. The van der Waals surface area contributed by atoms with Crippen LogP contribution in [0, 0.1) is 0 Å². The lowest BCUT2D eigenvalue weighted by molar-refractivity contribution is -0.0551. The highest BCUT2D eigenvalue weighted by Crippen LogP contribution is 2.75. The van der Waals surface area contributed by atoms with Crippen molar-refractivity contribution in [3.8, 4) is 0 Å². The molecule has 1 unspecified atom stereocenters. The molecular weight excluding hydrogens is 465 g/mol. The van der Waals surface area contributed by atoms with Crippen molar-refractivity contribution in [3.05, 3.63) is 58.6 Å². The van der Waals surface area contributed by atoms with Gasteiger partial charge in [0.05, 0.1) is 5.02 Å². The van der Waals surface area contributed by atoms with E-state index in [1.54, 1.807) is 0 Å². The maximum absolute atomic E-state index is 14.1. The first-order chi connectivity index (χ1) is 12.2. The maximum atomic E-state index is 14.1. The summed E-state index contributed by atoms with van der Waals surface area (Å²) in [7, 11) is -11.9. The fourth-order valence-electron chi connectivity index (χ4n) is 1.99. The molecule has 0 saturated heterocycles. The third-order valence-corrected chi connectivity index (χ3v) is 8.40. The molecule has 0 aliphatic carbocycles. The molecule has 0 N–H and O–H groups in total. The van der Waals surface area contributed by atoms with Crippen LogP contribution in [-0.2, 0) is 13.7 Å². The standard InChI is InChI=1S/C14H8Cl2F6O3S2/c15-9-6-7-12(11(16)8-9)26(13(17,18)19,10-4-2-1-3-5-10)25-27(23,24)14(20,21)22/h1-8H. The van der Waals surface area contributed by atoms with E-state index in [2.05, 4.69) is 3.63 Å². The van der Waals surface area contributed by atoms with E-state index in [-0.39, 0.29) is 5.02 Å². The van der Waals surface area contributed by atoms with Gasteiger partial charge in [0.15, 0.2) is 0 Å². The number of rotatable bonds is 4. The van der Waals surface area contributed by atoms with Gasteiger partial charge in [-0.3, -0.25) is 0 Å². The van der Waals surface area contributed by atoms with Gasteiger partial charge >= 0.3 is 21.1 Å². The fraction of sp³-hybridized carbons (Fsp3) is 0.143. The Hall–Kier alpha value is -1.14. The molecule has 1 atom stereocenters. The predicted octanol–water partition coefficient (Wildman–Crippen LogP) is 6.52. The van der Waals surface area contributed by atoms with Gasteiger partial charge in [0.2, 0.25) is 0 Å². The Morgan fingerprint density at radius 1 is 0.815 bits per heavy atom. The third-order valence-electron chi connectivity index (χ3n) is 3.08. The molecule has 0 aliphatic rings. The summed E-state index contributed by atoms with van der Waals surface area (Å²) in [5.41, 5.74) is -11.6. The second-order valence-corrected chi connectivity index (χ2v) is 10.1. The second kappa shape index (κ2) is 7.36. The Balaban J connectivity index is 2.93. The molecule has 0 amide bonds. The Morgan fingerprint density at radius 2 is 1.37 bits per heavy atom. The van der Waals surface area contributed by atoms with Crippen LogP contribution in [0.15, 0.2) is 58.3 Å². The molecule has 27 heavy (non-hydrogen) atoms. The molecule has 0 bridgehead atoms. The lowest BCUT2D eigenvalue weighted by atomic mass is 10.4. The van der Waals surface area contributed by atoms with Gasteiger partial charge in [0.1, 0.15) is 0 Å². The van der Waals surface area contributed by atoms with Crippen molar-refractivity contribution in [1.29, 1.82) is 0 Å². The number of hydrogen-bond donors (Lipinski definition) is 0. The molecule has 0 fully saturated rings. The molecule has 150 valence electrons. The number of benzene rings is 2. The van der Waals surface area contributed by atoms with Crippen LogP contribution in [0.4, 0.5) is 26.3 Å². The van der Waals surface area contributed by atoms with E-state index in [9.17, 15) is 34.8 Å². The summed E-state index contributed by atoms with van der Waals surface area (Å²) in [5.74, 6) is 0. The minimum atomic E-state index is -6.64. The van der Waals surface area contributed by atoms with Gasteiger partial charge in [-0.05, 0) is 30.3 Å². The fourth-order valence-corrected chi connectivity index (χ4v) is 6.93. The van der Waals surface area contributed by atoms with E-state index in [0.717, 1.165) is 36.4 Å². The average Bonchev–Trinajstić information content (AvgIpc) is 2.51. The van der Waals surface area contributed by atoms with Crippen LogP contribution in [0.2, 0.25) is 10.0 Å². The highest BCUT2D eigenvalue weighted by Gasteiger charge is 2.62. The summed E-state index contributed by atoms with van der Waals surface area (Å²) in [6.45, 7) is 0. The minimum Gasteiger partial charge on any atom is -0.196 e. The smallest absolute Gasteiger partial charge is 0.196 e. The van der Waals surface area contributed by atoms with Gasteiger partial charge in [-0.15, -0.1) is 0 Å². The van der Waals surface area contributed by atoms with Crippen molar-refractivity contribution >= 4 is 43.6 Å². The summed E-state index contributed by atoms with van der Waals surface area (Å²) in [6.07, 6.45) is 0. The normalized spacial score (nSPS) is 16.6. The molecule has 0 saturated carbocycles. The largest absolute Gasteiger partial charge is 0.523 e. The number of halogens is 8. The van der Waals surface area contributed by atoms with Crippen molar-refractivity contribution in [2.75, 3.05) is 0 Å². The van der Waals surface area contributed by atoms with E-state index in [1.807, 2.05) is 0 Å². The average molecular weight is 473 g/mol. The highest BCUT2D eigenvalue weighted by atomic mass is 35.5. The zero-order chi connectivity index (χ0) is 20.7. The quantitative estimate of drug-likeness (QED) is 0.375. The van der Waals surface area contributed by atoms with E-state index >= 15 is 0 Å². The Morgan fingerprint density at radius 3 is 1.81 bits per heavy atom. The lowest BCUT2D eigenvalue weighted by Crippen LogP contribution is -2.32. The molecule has 0 aliphatic heterocycles. The van der Waals surface area contributed by atoms with Crippen LogP contribution >= 0.6 is 33.5 Å². The van der Waals surface area contributed by atoms with E-state index in [4.69, 9.17) is 23.2 Å². The van der Waals surface area contributed by atoms with Crippen LogP contribution in [0.3, 0.4) is 0 Å². The van der Waals surface area contributed by atoms with Crippen molar-refractivity contribution < 1.29 is 38.4 Å². The van der Waals surface area contributed by atoms with Crippen molar-refractivity contribution in [1.82, 2.24) is 0 Å². The zero-order valence-corrected chi connectivity index (χ0v) is 15.8. The summed E-state index contributed by atoms with van der Waals surface area (Å²) in [4.78, 5) is -1.82. The van der Waals surface area contributed by atoms with Crippen LogP contribution < -0.4 is 0 Å². The first-order valence-electron chi connectivity index (χ1n) is 6.64. The van der Waals surface area contributed by atoms with Gasteiger partial charge in [-0.2, -0.15) is 38.4 Å². The first-order valence-corrected chi connectivity index (χ1v) is 10.4. The van der Waals surface area contributed by atoms with Crippen LogP contribution in [0.1, 0.15) is 0 Å². The summed E-state index contributed by atoms with van der Waals surface area (Å²) >= 11 is 11.4. The van der Waals surface area contributed by atoms with E-state index in [0.29, 0.717) is 6.07 Å². The maximum Gasteiger partial charge on any atom is 0.523 e. The van der Waals surface area contributed by atoms with Gasteiger partial charge in [-0.1, -0.05) is 41.4 Å². The first kappa shape index (κ1) is 22.2. The monoisotopic (exact) mass is 472 g/mol. The number of hydrogen-bond acceptors (Lipinski definition) is 3. The second-order valence-electron chi connectivity index (χ2n) is 4.86. The SMILES string of the molecule is O=S(=O)(OS(c1ccccc1)(c1ccc(Cl)cc1Cl)C(F)(F)F)C(F)(F)F. The number of alkyl halides is 6. The van der Waals surface area contributed by atoms with Crippen molar-refractivity contribution in [2.24, 2.45) is 0 Å². The van der Waals surface area contributed by atoms with Crippen molar-refractivity contribution in [3.63, 3.8) is 0 Å². The minimum absolute atomic E-state index is 0.106. The van der Waals surface area contributed by atoms with Crippen LogP contribution in [-0.4, -0.2) is 19.4 Å². The summed E-state index contributed by atoms with van der Waals surface area (Å²) in [5, 5.41) is -0.804. The predicted molar refractivity (Wildman–Crippen MR) is 89.1 cm³/mol. The Kier molecular flexibility index (Phi) is 6.04. The molecule has 3 nitrogen and oxygen atoms in total. The lowest BCUT2D eigenvalue weighted by Gasteiger charge is -2.40. The van der Waals surface area contributed by atoms with Gasteiger partial charge in [-0.25, -0.2) is 0 Å². The summed E-state index contributed by atoms with van der Waals surface area (Å²) in [6, 6.07) is 7.56. The van der Waals surface area contributed by atoms with Gasteiger partial charge < -0.3 is 0 Å².